The lowest BCUT2D eigenvalue weighted by molar-refractivity contribution is 0.674. The van der Waals surface area contributed by atoms with Crippen LogP contribution < -0.4 is 0 Å². The van der Waals surface area contributed by atoms with Crippen LogP contribution in [0.2, 0.25) is 0 Å². The highest BCUT2D eigenvalue weighted by Gasteiger charge is 2.21. The summed E-state index contributed by atoms with van der Waals surface area (Å²) in [5.74, 6) is 0. The molecule has 0 fully saturated rings. The van der Waals surface area contributed by atoms with Gasteiger partial charge in [-0.05, 0) is 48.0 Å². The van der Waals surface area contributed by atoms with Crippen molar-refractivity contribution in [3.8, 4) is 17.2 Å². The monoisotopic (exact) mass is 459 g/mol. The van der Waals surface area contributed by atoms with Crippen LogP contribution in [-0.4, -0.2) is 9.38 Å². The number of hydrogen-bond donors (Lipinski definition) is 0. The first-order chi connectivity index (χ1) is 17.8. The van der Waals surface area contributed by atoms with Crippen molar-refractivity contribution < 1.29 is 4.42 Å². The van der Waals surface area contributed by atoms with Crippen LogP contribution in [0.4, 0.5) is 0 Å². The summed E-state index contributed by atoms with van der Waals surface area (Å²) in [6.45, 7) is 0. The van der Waals surface area contributed by atoms with Crippen LogP contribution in [0.1, 0.15) is 5.56 Å². The van der Waals surface area contributed by atoms with E-state index in [1.807, 2.05) is 48.5 Å². The molecule has 0 saturated carbocycles. The van der Waals surface area contributed by atoms with Crippen molar-refractivity contribution in [3.05, 3.63) is 109 Å². The molecule has 0 radical (unpaired) electrons. The maximum Gasteiger partial charge on any atom is 0.146 e. The van der Waals surface area contributed by atoms with Crippen molar-refractivity contribution >= 4 is 60.3 Å². The van der Waals surface area contributed by atoms with E-state index in [0.717, 1.165) is 71.4 Å². The molecule has 0 bridgehead atoms. The zero-order valence-electron chi connectivity index (χ0n) is 19.1. The number of furan rings is 1. The predicted molar refractivity (Wildman–Crippen MR) is 145 cm³/mol. The van der Waals surface area contributed by atoms with Gasteiger partial charge in [-0.2, -0.15) is 5.26 Å². The van der Waals surface area contributed by atoms with Crippen LogP contribution in [0.5, 0.6) is 0 Å². The van der Waals surface area contributed by atoms with E-state index in [1.165, 1.54) is 0 Å². The Labute approximate surface area is 205 Å². The molecule has 0 aliphatic rings. The van der Waals surface area contributed by atoms with Crippen LogP contribution in [0, 0.1) is 11.3 Å². The number of rotatable bonds is 1. The van der Waals surface area contributed by atoms with E-state index in [-0.39, 0.29) is 0 Å². The van der Waals surface area contributed by atoms with E-state index in [1.54, 1.807) is 0 Å². The SMILES string of the molecule is N#Cc1ccc2c(oc3c2ccc2c3c3ccccc3n3c4ccccc4nc23)c1-c1ccccc1. The predicted octanol–water partition coefficient (Wildman–Crippen LogP) is 8.23. The van der Waals surface area contributed by atoms with Gasteiger partial charge < -0.3 is 4.42 Å². The maximum absolute atomic E-state index is 9.91. The van der Waals surface area contributed by atoms with Gasteiger partial charge in [-0.1, -0.05) is 60.7 Å². The van der Waals surface area contributed by atoms with Crippen LogP contribution >= 0.6 is 0 Å². The summed E-state index contributed by atoms with van der Waals surface area (Å²) in [5, 5.41) is 15.1. The van der Waals surface area contributed by atoms with E-state index in [4.69, 9.17) is 9.40 Å². The molecule has 166 valence electrons. The fraction of sp³-hybridized carbons (Fsp3) is 0. The van der Waals surface area contributed by atoms with Crippen LogP contribution in [-0.2, 0) is 0 Å². The summed E-state index contributed by atoms with van der Waals surface area (Å²) in [7, 11) is 0. The van der Waals surface area contributed by atoms with Gasteiger partial charge in [0.1, 0.15) is 16.8 Å². The van der Waals surface area contributed by atoms with Gasteiger partial charge in [-0.3, -0.25) is 4.40 Å². The van der Waals surface area contributed by atoms with Gasteiger partial charge in [-0.25, -0.2) is 4.98 Å². The number of benzene rings is 5. The van der Waals surface area contributed by atoms with Gasteiger partial charge in [0.2, 0.25) is 0 Å². The quantitative estimate of drug-likeness (QED) is 0.232. The number of nitriles is 1. The molecule has 36 heavy (non-hydrogen) atoms. The van der Waals surface area contributed by atoms with Gasteiger partial charge in [-0.15, -0.1) is 0 Å². The summed E-state index contributed by atoms with van der Waals surface area (Å²) in [4.78, 5) is 5.02. The second-order valence-electron chi connectivity index (χ2n) is 9.09. The molecular formula is C32H17N3O. The van der Waals surface area contributed by atoms with Gasteiger partial charge >= 0.3 is 0 Å². The highest BCUT2D eigenvalue weighted by molar-refractivity contribution is 6.26. The van der Waals surface area contributed by atoms with E-state index < -0.39 is 0 Å². The lowest BCUT2D eigenvalue weighted by atomic mass is 9.97. The third kappa shape index (κ3) is 2.39. The summed E-state index contributed by atoms with van der Waals surface area (Å²) < 4.78 is 8.98. The second-order valence-corrected chi connectivity index (χ2v) is 9.09. The summed E-state index contributed by atoms with van der Waals surface area (Å²) in [6, 6.07) is 37.2. The van der Waals surface area contributed by atoms with Crippen molar-refractivity contribution in [1.82, 2.24) is 9.38 Å². The molecule has 0 spiro atoms. The lowest BCUT2D eigenvalue weighted by Crippen LogP contribution is -1.91. The summed E-state index contributed by atoms with van der Waals surface area (Å²) in [5.41, 5.74) is 8.00. The minimum Gasteiger partial charge on any atom is -0.455 e. The van der Waals surface area contributed by atoms with E-state index in [9.17, 15) is 5.26 Å². The van der Waals surface area contributed by atoms with Crippen molar-refractivity contribution in [2.75, 3.05) is 0 Å². The molecule has 0 aliphatic carbocycles. The summed E-state index contributed by atoms with van der Waals surface area (Å²) in [6.07, 6.45) is 0. The Balaban J connectivity index is 1.63. The van der Waals surface area contributed by atoms with Crippen LogP contribution in [0.15, 0.2) is 108 Å². The molecule has 0 aliphatic heterocycles. The number of fused-ring (bicyclic) bond motifs is 12. The summed E-state index contributed by atoms with van der Waals surface area (Å²) >= 11 is 0. The Morgan fingerprint density at radius 2 is 1.33 bits per heavy atom. The Morgan fingerprint density at radius 3 is 2.19 bits per heavy atom. The van der Waals surface area contributed by atoms with Crippen molar-refractivity contribution in [1.29, 1.82) is 5.26 Å². The van der Waals surface area contributed by atoms with E-state index in [0.29, 0.717) is 5.56 Å². The second kappa shape index (κ2) is 6.94. The Kier molecular flexibility index (Phi) is 3.70. The number of imidazole rings is 1. The van der Waals surface area contributed by atoms with Gasteiger partial charge in [0.05, 0.1) is 28.2 Å². The molecule has 8 aromatic rings. The van der Waals surface area contributed by atoms with Crippen LogP contribution in [0.25, 0.3) is 71.4 Å². The fourth-order valence-electron chi connectivity index (χ4n) is 5.67. The zero-order chi connectivity index (χ0) is 23.8. The highest BCUT2D eigenvalue weighted by atomic mass is 16.3. The van der Waals surface area contributed by atoms with Gasteiger partial charge in [0, 0.05) is 32.5 Å². The fourth-order valence-corrected chi connectivity index (χ4v) is 5.67. The molecule has 0 atom stereocenters. The first-order valence-electron chi connectivity index (χ1n) is 11.9. The first kappa shape index (κ1) is 19.2. The Morgan fingerprint density at radius 1 is 0.639 bits per heavy atom. The molecule has 0 amide bonds. The number of aromatic nitrogens is 2. The first-order valence-corrected chi connectivity index (χ1v) is 11.9. The van der Waals surface area contributed by atoms with E-state index >= 15 is 0 Å². The molecular weight excluding hydrogens is 442 g/mol. The molecule has 3 aromatic heterocycles. The highest BCUT2D eigenvalue weighted by Crippen LogP contribution is 2.43. The lowest BCUT2D eigenvalue weighted by Gasteiger charge is -2.09. The number of pyridine rings is 1. The number of para-hydroxylation sites is 3. The van der Waals surface area contributed by atoms with Gasteiger partial charge in [0.25, 0.3) is 0 Å². The largest absolute Gasteiger partial charge is 0.455 e. The van der Waals surface area contributed by atoms with E-state index in [2.05, 4.69) is 65.1 Å². The molecule has 0 unspecified atom stereocenters. The number of nitrogens with zero attached hydrogens (tertiary/aromatic N) is 3. The number of hydrogen-bond acceptors (Lipinski definition) is 3. The third-order valence-corrected chi connectivity index (χ3v) is 7.21. The minimum absolute atomic E-state index is 0.601. The minimum atomic E-state index is 0.601. The average molecular weight is 460 g/mol. The molecule has 4 nitrogen and oxygen atoms in total. The maximum atomic E-state index is 9.91. The van der Waals surface area contributed by atoms with Crippen molar-refractivity contribution in [3.63, 3.8) is 0 Å². The third-order valence-electron chi connectivity index (χ3n) is 7.21. The smallest absolute Gasteiger partial charge is 0.146 e. The average Bonchev–Trinajstić information content (AvgIpc) is 3.52. The topological polar surface area (TPSA) is 54.2 Å². The molecule has 3 heterocycles. The van der Waals surface area contributed by atoms with Gasteiger partial charge in [0.15, 0.2) is 0 Å². The Hall–Kier alpha value is -5.14. The van der Waals surface area contributed by atoms with Crippen molar-refractivity contribution in [2.45, 2.75) is 0 Å². The molecule has 0 N–H and O–H groups in total. The normalized spacial score (nSPS) is 11.9. The zero-order valence-corrected chi connectivity index (χ0v) is 19.1. The Bertz CT molecular complexity index is 2210. The van der Waals surface area contributed by atoms with Crippen molar-refractivity contribution in [2.24, 2.45) is 0 Å². The molecule has 0 saturated heterocycles. The molecule has 4 heteroatoms. The molecule has 5 aromatic carbocycles. The molecule has 8 rings (SSSR count). The standard InChI is InChI=1S/C32H17N3O/c33-18-20-14-15-21-22-16-17-24-29(31(22)36-30(21)28(20)19-8-2-1-3-9-19)23-10-4-6-12-26(23)35-27-13-7-5-11-25(27)34-32(24)35/h1-17H. The van der Waals surface area contributed by atoms with Crippen LogP contribution in [0.3, 0.4) is 0 Å².